The van der Waals surface area contributed by atoms with Crippen LogP contribution in [0.3, 0.4) is 0 Å². The quantitative estimate of drug-likeness (QED) is 0.578. The average Bonchev–Trinajstić information content (AvgIpc) is 2.55. The van der Waals surface area contributed by atoms with Crippen molar-refractivity contribution in [2.24, 2.45) is 0 Å². The Morgan fingerprint density at radius 3 is 2.22 bits per heavy atom. The van der Waals surface area contributed by atoms with Crippen LogP contribution < -0.4 is 4.74 Å². The summed E-state index contributed by atoms with van der Waals surface area (Å²) in [6.07, 6.45) is 4.30. The fourth-order valence-corrected chi connectivity index (χ4v) is 2.44. The molecule has 2 rings (SSSR count). The molecule has 2 nitrogen and oxygen atoms in total. The molecule has 0 radical (unpaired) electrons. The average molecular weight is 316 g/mol. The molecule has 0 atom stereocenters. The molecule has 0 N–H and O–H groups in total. The molecule has 124 valence electrons. The lowest BCUT2D eigenvalue weighted by atomic mass is 10.0. The number of rotatable bonds is 9. The van der Waals surface area contributed by atoms with E-state index in [1.165, 1.54) is 11.6 Å². The predicted octanol–water partition coefficient (Wildman–Crippen LogP) is 5.39. The standard InChI is InChI=1S/C20H25FO2/c1-16-7-9-17(10-8-16)19-12-11-18(15-20(19)21)23-14-6-4-3-5-13-22-2/h7-12,15H,3-6,13-14H2,1-2H3. The summed E-state index contributed by atoms with van der Waals surface area (Å²) in [5, 5.41) is 0. The molecule has 0 aliphatic heterocycles. The first-order valence-electron chi connectivity index (χ1n) is 8.19. The SMILES string of the molecule is COCCCCCCOc1ccc(-c2ccc(C)cc2)c(F)c1. The van der Waals surface area contributed by atoms with Gasteiger partial charge in [-0.1, -0.05) is 36.2 Å². The van der Waals surface area contributed by atoms with Gasteiger partial charge in [-0.05, 0) is 43.9 Å². The molecule has 0 aliphatic carbocycles. The molecule has 2 aromatic carbocycles. The second-order valence-corrected chi connectivity index (χ2v) is 5.76. The second kappa shape index (κ2) is 9.31. The van der Waals surface area contributed by atoms with Crippen LogP contribution in [0.4, 0.5) is 4.39 Å². The number of aryl methyl sites for hydroxylation is 1. The Morgan fingerprint density at radius 1 is 0.870 bits per heavy atom. The Balaban J connectivity index is 1.83. The third-order valence-corrected chi connectivity index (χ3v) is 3.81. The zero-order chi connectivity index (χ0) is 16.5. The highest BCUT2D eigenvalue weighted by molar-refractivity contribution is 5.65. The molecule has 3 heteroatoms. The zero-order valence-corrected chi connectivity index (χ0v) is 14.0. The normalized spacial score (nSPS) is 10.7. The molecule has 0 aliphatic rings. The van der Waals surface area contributed by atoms with Crippen LogP contribution in [0.15, 0.2) is 42.5 Å². The lowest BCUT2D eigenvalue weighted by Crippen LogP contribution is -1.98. The van der Waals surface area contributed by atoms with Gasteiger partial charge in [0.05, 0.1) is 6.61 Å². The van der Waals surface area contributed by atoms with Crippen LogP contribution >= 0.6 is 0 Å². The summed E-state index contributed by atoms with van der Waals surface area (Å²) in [6, 6.07) is 12.9. The van der Waals surface area contributed by atoms with Crippen molar-refractivity contribution in [3.63, 3.8) is 0 Å². The van der Waals surface area contributed by atoms with Crippen LogP contribution in [0.1, 0.15) is 31.2 Å². The monoisotopic (exact) mass is 316 g/mol. The number of unbranched alkanes of at least 4 members (excludes halogenated alkanes) is 3. The zero-order valence-electron chi connectivity index (χ0n) is 14.0. The van der Waals surface area contributed by atoms with E-state index >= 15 is 0 Å². The topological polar surface area (TPSA) is 18.5 Å². The minimum atomic E-state index is -0.244. The summed E-state index contributed by atoms with van der Waals surface area (Å²) >= 11 is 0. The Morgan fingerprint density at radius 2 is 1.57 bits per heavy atom. The summed E-state index contributed by atoms with van der Waals surface area (Å²) in [5.41, 5.74) is 2.66. The first-order valence-corrected chi connectivity index (χ1v) is 8.19. The van der Waals surface area contributed by atoms with E-state index < -0.39 is 0 Å². The van der Waals surface area contributed by atoms with Crippen molar-refractivity contribution in [3.8, 4) is 16.9 Å². The van der Waals surface area contributed by atoms with Crippen molar-refractivity contribution in [2.75, 3.05) is 20.3 Å². The fraction of sp³-hybridized carbons (Fsp3) is 0.400. The smallest absolute Gasteiger partial charge is 0.134 e. The van der Waals surface area contributed by atoms with E-state index in [1.807, 2.05) is 37.3 Å². The summed E-state index contributed by atoms with van der Waals surface area (Å²) in [5.74, 6) is 0.349. The van der Waals surface area contributed by atoms with Crippen LogP contribution in [0.5, 0.6) is 5.75 Å². The highest BCUT2D eigenvalue weighted by Crippen LogP contribution is 2.26. The Bertz CT molecular complexity index is 593. The van der Waals surface area contributed by atoms with Gasteiger partial charge in [0, 0.05) is 25.3 Å². The van der Waals surface area contributed by atoms with E-state index in [9.17, 15) is 4.39 Å². The van der Waals surface area contributed by atoms with Gasteiger partial charge in [0.15, 0.2) is 0 Å². The van der Waals surface area contributed by atoms with E-state index in [0.717, 1.165) is 37.9 Å². The maximum Gasteiger partial charge on any atom is 0.134 e. The molecule has 2 aromatic rings. The number of halogens is 1. The Hall–Kier alpha value is -1.87. The lowest BCUT2D eigenvalue weighted by molar-refractivity contribution is 0.191. The van der Waals surface area contributed by atoms with Crippen molar-refractivity contribution in [1.29, 1.82) is 0 Å². The van der Waals surface area contributed by atoms with Gasteiger partial charge in [-0.15, -0.1) is 0 Å². The summed E-state index contributed by atoms with van der Waals surface area (Å²) in [6.45, 7) is 3.45. The summed E-state index contributed by atoms with van der Waals surface area (Å²) in [7, 11) is 1.72. The first kappa shape index (κ1) is 17.5. The van der Waals surface area contributed by atoms with Gasteiger partial charge >= 0.3 is 0 Å². The molecule has 0 bridgehead atoms. The minimum Gasteiger partial charge on any atom is -0.493 e. The van der Waals surface area contributed by atoms with E-state index in [-0.39, 0.29) is 5.82 Å². The van der Waals surface area contributed by atoms with Gasteiger partial charge in [0.25, 0.3) is 0 Å². The predicted molar refractivity (Wildman–Crippen MR) is 92.4 cm³/mol. The number of hydrogen-bond acceptors (Lipinski definition) is 2. The molecule has 0 aromatic heterocycles. The van der Waals surface area contributed by atoms with Crippen molar-refractivity contribution in [1.82, 2.24) is 0 Å². The van der Waals surface area contributed by atoms with E-state index in [2.05, 4.69) is 0 Å². The van der Waals surface area contributed by atoms with Gasteiger partial charge in [-0.3, -0.25) is 0 Å². The minimum absolute atomic E-state index is 0.244. The van der Waals surface area contributed by atoms with E-state index in [0.29, 0.717) is 17.9 Å². The van der Waals surface area contributed by atoms with Crippen molar-refractivity contribution >= 4 is 0 Å². The van der Waals surface area contributed by atoms with E-state index in [1.54, 1.807) is 13.2 Å². The number of methoxy groups -OCH3 is 1. The molecular formula is C20H25FO2. The molecule has 0 saturated carbocycles. The Kier molecular flexibility index (Phi) is 7.08. The highest BCUT2D eigenvalue weighted by atomic mass is 19.1. The molecule has 0 unspecified atom stereocenters. The number of hydrogen-bond donors (Lipinski definition) is 0. The van der Waals surface area contributed by atoms with Gasteiger partial charge < -0.3 is 9.47 Å². The maximum absolute atomic E-state index is 14.3. The van der Waals surface area contributed by atoms with Gasteiger partial charge in [0.1, 0.15) is 11.6 Å². The second-order valence-electron chi connectivity index (χ2n) is 5.76. The van der Waals surface area contributed by atoms with Crippen molar-refractivity contribution in [2.45, 2.75) is 32.6 Å². The molecule has 0 fully saturated rings. The number of ether oxygens (including phenoxy) is 2. The van der Waals surface area contributed by atoms with Gasteiger partial charge in [-0.25, -0.2) is 4.39 Å². The molecule has 0 heterocycles. The summed E-state index contributed by atoms with van der Waals surface area (Å²) < 4.78 is 24.9. The van der Waals surface area contributed by atoms with Crippen LogP contribution in [0.2, 0.25) is 0 Å². The van der Waals surface area contributed by atoms with Gasteiger partial charge in [0.2, 0.25) is 0 Å². The van der Waals surface area contributed by atoms with Crippen LogP contribution in [0, 0.1) is 12.7 Å². The first-order chi connectivity index (χ1) is 11.2. The van der Waals surface area contributed by atoms with Crippen molar-refractivity contribution in [3.05, 3.63) is 53.8 Å². The molecular weight excluding hydrogens is 291 g/mol. The maximum atomic E-state index is 14.3. The van der Waals surface area contributed by atoms with E-state index in [4.69, 9.17) is 9.47 Å². The summed E-state index contributed by atoms with van der Waals surface area (Å²) in [4.78, 5) is 0. The van der Waals surface area contributed by atoms with Crippen LogP contribution in [0.25, 0.3) is 11.1 Å². The Labute approximate surface area is 138 Å². The lowest BCUT2D eigenvalue weighted by Gasteiger charge is -2.09. The molecule has 0 spiro atoms. The third kappa shape index (κ3) is 5.68. The third-order valence-electron chi connectivity index (χ3n) is 3.81. The molecule has 0 saturated heterocycles. The molecule has 23 heavy (non-hydrogen) atoms. The largest absolute Gasteiger partial charge is 0.493 e. The fourth-order valence-electron chi connectivity index (χ4n) is 2.44. The van der Waals surface area contributed by atoms with Crippen LogP contribution in [-0.4, -0.2) is 20.3 Å². The van der Waals surface area contributed by atoms with Crippen molar-refractivity contribution < 1.29 is 13.9 Å². The highest BCUT2D eigenvalue weighted by Gasteiger charge is 2.06. The van der Waals surface area contributed by atoms with Crippen LogP contribution in [-0.2, 0) is 4.74 Å². The van der Waals surface area contributed by atoms with Gasteiger partial charge in [-0.2, -0.15) is 0 Å². The molecule has 0 amide bonds. The number of benzene rings is 2.